The van der Waals surface area contributed by atoms with E-state index >= 15 is 0 Å². The van der Waals surface area contributed by atoms with Crippen LogP contribution >= 0.6 is 11.8 Å². The minimum absolute atomic E-state index is 0.774. The molecule has 1 aromatic carbocycles. The van der Waals surface area contributed by atoms with Gasteiger partial charge in [-0.3, -0.25) is 9.38 Å². The van der Waals surface area contributed by atoms with Crippen molar-refractivity contribution in [2.45, 2.75) is 16.5 Å². The number of likely N-dealkylation sites (N-methyl/N-ethyl adjacent to an activating group) is 1. The van der Waals surface area contributed by atoms with Gasteiger partial charge in [-0.25, -0.2) is 0 Å². The van der Waals surface area contributed by atoms with Gasteiger partial charge in [0.15, 0.2) is 10.8 Å². The molecule has 174 valence electrons. The first kappa shape index (κ1) is 22.4. The fourth-order valence-electron chi connectivity index (χ4n) is 4.22. The molecule has 3 aromatic heterocycles. The van der Waals surface area contributed by atoms with Crippen LogP contribution in [0, 0.1) is 5.41 Å². The average Bonchev–Trinajstić information content (AvgIpc) is 3.12. The Labute approximate surface area is 203 Å². The van der Waals surface area contributed by atoms with Crippen molar-refractivity contribution >= 4 is 45.8 Å². The molecule has 0 saturated carbocycles. The van der Waals surface area contributed by atoms with Crippen molar-refractivity contribution in [3.8, 4) is 0 Å². The van der Waals surface area contributed by atoms with E-state index in [1.807, 2.05) is 42.2 Å². The molecular weight excluding hydrogens is 444 g/mol. The molecule has 8 nitrogen and oxygen atoms in total. The quantitative estimate of drug-likeness (QED) is 0.413. The van der Waals surface area contributed by atoms with E-state index in [0.29, 0.717) is 0 Å². The van der Waals surface area contributed by atoms with E-state index in [0.717, 1.165) is 70.3 Å². The third kappa shape index (κ3) is 4.62. The molecule has 0 bridgehead atoms. The zero-order valence-electron chi connectivity index (χ0n) is 19.4. The zero-order valence-corrected chi connectivity index (χ0v) is 20.2. The number of hydrogen-bond donors (Lipinski definition) is 2. The number of rotatable bonds is 6. The summed E-state index contributed by atoms with van der Waals surface area (Å²) in [6.45, 7) is 4.28. The van der Waals surface area contributed by atoms with Gasteiger partial charge in [0.1, 0.15) is 0 Å². The lowest BCUT2D eigenvalue weighted by Gasteiger charge is -2.22. The molecule has 2 N–H and O–H groups in total. The maximum Gasteiger partial charge on any atom is 0.200 e. The topological polar surface area (TPSA) is 85.4 Å². The Morgan fingerprint density at radius 1 is 1.09 bits per heavy atom. The first-order chi connectivity index (χ1) is 16.6. The maximum absolute atomic E-state index is 7.70. The van der Waals surface area contributed by atoms with Gasteiger partial charge in [0, 0.05) is 66.7 Å². The molecule has 4 heterocycles. The number of benzene rings is 1. The highest BCUT2D eigenvalue weighted by Gasteiger charge is 2.14. The number of nitrogens with one attached hydrogen (secondary N) is 2. The highest BCUT2D eigenvalue weighted by Crippen LogP contribution is 2.31. The Balaban J connectivity index is 1.44. The van der Waals surface area contributed by atoms with Gasteiger partial charge >= 0.3 is 0 Å². The largest absolute Gasteiger partial charge is 0.393 e. The Morgan fingerprint density at radius 2 is 2.00 bits per heavy atom. The van der Waals surface area contributed by atoms with Crippen LogP contribution in [0.5, 0.6) is 0 Å². The Bertz CT molecular complexity index is 1360. The normalized spacial score (nSPS) is 15.6. The van der Waals surface area contributed by atoms with E-state index in [1.54, 1.807) is 11.8 Å². The Hall–Kier alpha value is -3.43. The predicted molar refractivity (Wildman–Crippen MR) is 139 cm³/mol. The molecule has 1 saturated heterocycles. The molecular formula is C25H28N8S. The fraction of sp³-hybridized carbons (Fsp3) is 0.280. The van der Waals surface area contributed by atoms with Crippen LogP contribution in [-0.4, -0.2) is 71.0 Å². The molecule has 5 rings (SSSR count). The summed E-state index contributed by atoms with van der Waals surface area (Å²) in [5.41, 5.74) is 4.65. The van der Waals surface area contributed by atoms with Crippen molar-refractivity contribution in [2.24, 2.45) is 0 Å². The fourth-order valence-corrected chi connectivity index (χ4v) is 5.08. The number of fused-ring (bicyclic) bond motifs is 2. The molecule has 0 spiro atoms. The molecule has 0 atom stereocenters. The molecule has 0 aliphatic carbocycles. The summed E-state index contributed by atoms with van der Waals surface area (Å²) in [7, 11) is 4.01. The van der Waals surface area contributed by atoms with Crippen molar-refractivity contribution in [2.75, 3.05) is 45.2 Å². The Morgan fingerprint density at radius 3 is 2.85 bits per heavy atom. The van der Waals surface area contributed by atoms with Crippen LogP contribution in [0.2, 0.25) is 0 Å². The van der Waals surface area contributed by atoms with E-state index in [9.17, 15) is 0 Å². The van der Waals surface area contributed by atoms with Gasteiger partial charge in [0.25, 0.3) is 0 Å². The Kier molecular flexibility index (Phi) is 6.46. The van der Waals surface area contributed by atoms with E-state index in [1.165, 1.54) is 11.9 Å². The van der Waals surface area contributed by atoms with E-state index in [2.05, 4.69) is 56.6 Å². The lowest BCUT2D eigenvalue weighted by atomic mass is 10.1. The molecule has 9 heteroatoms. The number of aromatic nitrogens is 4. The lowest BCUT2D eigenvalue weighted by Crippen LogP contribution is -2.28. The molecule has 1 fully saturated rings. The summed E-state index contributed by atoms with van der Waals surface area (Å²) >= 11 is 1.57. The number of pyridine rings is 2. The average molecular weight is 473 g/mol. The minimum Gasteiger partial charge on any atom is -0.393 e. The highest BCUT2D eigenvalue weighted by atomic mass is 32.2. The highest BCUT2D eigenvalue weighted by molar-refractivity contribution is 7.99. The second-order valence-electron chi connectivity index (χ2n) is 8.46. The van der Waals surface area contributed by atoms with Crippen molar-refractivity contribution < 1.29 is 0 Å². The predicted octanol–water partition coefficient (Wildman–Crippen LogP) is 3.78. The second kappa shape index (κ2) is 9.82. The molecule has 1 aliphatic heterocycles. The van der Waals surface area contributed by atoms with Gasteiger partial charge in [-0.2, -0.15) is 0 Å². The zero-order chi connectivity index (χ0) is 23.5. The summed E-state index contributed by atoms with van der Waals surface area (Å²) in [6, 6.07) is 12.4. The SMILES string of the molecule is CN/C=C(\C=N)c1ccc2nnc(Sc3ccc4ncc(N5CCCN(C)CC5)cc4c3)n2c1. The minimum atomic E-state index is 0.774. The van der Waals surface area contributed by atoms with E-state index < -0.39 is 0 Å². The number of allylic oxidation sites excluding steroid dienone is 1. The van der Waals surface area contributed by atoms with Gasteiger partial charge in [0.05, 0.1) is 17.4 Å². The van der Waals surface area contributed by atoms with Crippen molar-refractivity contribution in [3.05, 3.63) is 60.6 Å². The van der Waals surface area contributed by atoms with Crippen molar-refractivity contribution in [1.29, 1.82) is 5.41 Å². The summed E-state index contributed by atoms with van der Waals surface area (Å²) in [4.78, 5) is 10.6. The van der Waals surface area contributed by atoms with Gasteiger partial charge in [-0.15, -0.1) is 10.2 Å². The summed E-state index contributed by atoms with van der Waals surface area (Å²) in [5, 5.41) is 21.3. The van der Waals surface area contributed by atoms with Crippen LogP contribution in [0.4, 0.5) is 5.69 Å². The second-order valence-corrected chi connectivity index (χ2v) is 9.50. The monoisotopic (exact) mass is 472 g/mol. The van der Waals surface area contributed by atoms with Crippen LogP contribution in [0.15, 0.2) is 65.0 Å². The third-order valence-corrected chi connectivity index (χ3v) is 7.04. The number of anilines is 1. The smallest absolute Gasteiger partial charge is 0.200 e. The maximum atomic E-state index is 7.70. The summed E-state index contributed by atoms with van der Waals surface area (Å²) in [6.07, 6.45) is 8.28. The molecule has 0 amide bonds. The first-order valence-corrected chi connectivity index (χ1v) is 12.2. The van der Waals surface area contributed by atoms with Crippen LogP contribution in [-0.2, 0) is 0 Å². The molecule has 0 radical (unpaired) electrons. The summed E-state index contributed by atoms with van der Waals surface area (Å²) in [5.74, 6) is 0. The number of hydrogen-bond acceptors (Lipinski definition) is 8. The third-order valence-electron chi connectivity index (χ3n) is 6.09. The molecule has 0 unspecified atom stereocenters. The van der Waals surface area contributed by atoms with Crippen molar-refractivity contribution in [3.63, 3.8) is 0 Å². The molecule has 1 aliphatic rings. The standard InChI is InChI=1S/C25H28N8S/c1-27-15-20(14-26)18-4-7-24-29-30-25(33(24)17-18)34-22-5-6-23-19(13-22)12-21(16-28-23)32-9-3-8-31(2)10-11-32/h4-7,12-17,26-27H,3,8-11H2,1-2H3/b20-15+,26-14?. The van der Waals surface area contributed by atoms with Crippen LogP contribution in [0.25, 0.3) is 22.1 Å². The van der Waals surface area contributed by atoms with Crippen LogP contribution < -0.4 is 10.2 Å². The first-order valence-electron chi connectivity index (χ1n) is 11.4. The summed E-state index contributed by atoms with van der Waals surface area (Å²) < 4.78 is 1.97. The number of nitrogens with zero attached hydrogens (tertiary/aromatic N) is 6. The van der Waals surface area contributed by atoms with Gasteiger partial charge < -0.3 is 20.5 Å². The van der Waals surface area contributed by atoms with E-state index in [4.69, 9.17) is 10.4 Å². The van der Waals surface area contributed by atoms with Gasteiger partial charge in [0.2, 0.25) is 0 Å². The lowest BCUT2D eigenvalue weighted by molar-refractivity contribution is 0.360. The van der Waals surface area contributed by atoms with Gasteiger partial charge in [-0.05, 0) is 68.2 Å². The van der Waals surface area contributed by atoms with E-state index in [-0.39, 0.29) is 0 Å². The molecule has 34 heavy (non-hydrogen) atoms. The van der Waals surface area contributed by atoms with Crippen LogP contribution in [0.3, 0.4) is 0 Å². The van der Waals surface area contributed by atoms with Gasteiger partial charge in [-0.1, -0.05) is 0 Å². The molecule has 4 aromatic rings. The van der Waals surface area contributed by atoms with Crippen LogP contribution in [0.1, 0.15) is 12.0 Å². The van der Waals surface area contributed by atoms with Crippen molar-refractivity contribution in [1.82, 2.24) is 29.8 Å².